The summed E-state index contributed by atoms with van der Waals surface area (Å²) in [7, 11) is 0. The van der Waals surface area contributed by atoms with Gasteiger partial charge in [-0.1, -0.05) is 0 Å². The van der Waals surface area contributed by atoms with E-state index in [0.717, 1.165) is 38.4 Å². The first-order chi connectivity index (χ1) is 7.53. The predicted octanol–water partition coefficient (Wildman–Crippen LogP) is 1.30. The third-order valence-electron chi connectivity index (χ3n) is 3.25. The Hall–Kier alpha value is -0.390. The van der Waals surface area contributed by atoms with E-state index in [0.29, 0.717) is 4.48 Å². The fourth-order valence-electron chi connectivity index (χ4n) is 2.05. The van der Waals surface area contributed by atoms with Crippen LogP contribution in [0.25, 0.3) is 0 Å². The van der Waals surface area contributed by atoms with E-state index >= 15 is 0 Å². The van der Waals surface area contributed by atoms with E-state index in [4.69, 9.17) is 9.47 Å². The molecular formula is C11H16BrNO3. The molecule has 4 nitrogen and oxygen atoms in total. The maximum absolute atomic E-state index is 11.5. The van der Waals surface area contributed by atoms with Crippen LogP contribution in [0.15, 0.2) is 10.1 Å². The van der Waals surface area contributed by atoms with Gasteiger partial charge in [0.05, 0.1) is 13.2 Å². The first kappa shape index (κ1) is 12.1. The number of carbonyl (C=O) groups is 1. The number of halogens is 1. The summed E-state index contributed by atoms with van der Waals surface area (Å²) in [6, 6.07) is 0. The van der Waals surface area contributed by atoms with Crippen molar-refractivity contribution in [3.8, 4) is 0 Å². The van der Waals surface area contributed by atoms with Crippen LogP contribution in [0.1, 0.15) is 13.8 Å². The van der Waals surface area contributed by atoms with Crippen molar-refractivity contribution in [1.82, 2.24) is 4.90 Å². The van der Waals surface area contributed by atoms with Crippen molar-refractivity contribution in [2.24, 2.45) is 0 Å². The van der Waals surface area contributed by atoms with Crippen LogP contribution in [-0.4, -0.2) is 49.3 Å². The van der Waals surface area contributed by atoms with Crippen molar-refractivity contribution >= 4 is 21.9 Å². The molecule has 90 valence electrons. The Labute approximate surface area is 104 Å². The highest BCUT2D eigenvalue weighted by atomic mass is 79.9. The second kappa shape index (κ2) is 4.47. The van der Waals surface area contributed by atoms with Crippen LogP contribution >= 0.6 is 15.9 Å². The van der Waals surface area contributed by atoms with Crippen LogP contribution < -0.4 is 0 Å². The van der Waals surface area contributed by atoms with Gasteiger partial charge in [-0.2, -0.15) is 0 Å². The molecule has 0 aromatic carbocycles. The van der Waals surface area contributed by atoms with Gasteiger partial charge in [0.2, 0.25) is 0 Å². The van der Waals surface area contributed by atoms with Gasteiger partial charge in [-0.3, -0.25) is 4.90 Å². The molecule has 2 aliphatic rings. The zero-order valence-electron chi connectivity index (χ0n) is 9.59. The lowest BCUT2D eigenvalue weighted by molar-refractivity contribution is -0.147. The van der Waals surface area contributed by atoms with Crippen LogP contribution in [0, 0.1) is 0 Å². The van der Waals surface area contributed by atoms with E-state index < -0.39 is 5.60 Å². The molecule has 1 fully saturated rings. The van der Waals surface area contributed by atoms with Gasteiger partial charge in [-0.25, -0.2) is 4.79 Å². The minimum Gasteiger partial charge on any atom is -0.449 e. The Morgan fingerprint density at radius 3 is 2.56 bits per heavy atom. The largest absolute Gasteiger partial charge is 0.449 e. The SMILES string of the molecule is CC1=C(Br)C(=O)OC1(C)CN1CCOCC1. The minimum absolute atomic E-state index is 0.256. The molecule has 0 N–H and O–H groups in total. The fourth-order valence-corrected chi connectivity index (χ4v) is 2.55. The lowest BCUT2D eigenvalue weighted by atomic mass is 9.97. The highest BCUT2D eigenvalue weighted by Gasteiger charge is 2.42. The quantitative estimate of drug-likeness (QED) is 0.719. The molecule has 0 aromatic heterocycles. The summed E-state index contributed by atoms with van der Waals surface area (Å²) in [5.74, 6) is -0.256. The zero-order chi connectivity index (χ0) is 11.8. The molecule has 1 unspecified atom stereocenters. The maximum atomic E-state index is 11.5. The van der Waals surface area contributed by atoms with Gasteiger partial charge in [0.15, 0.2) is 0 Å². The number of carbonyl (C=O) groups excluding carboxylic acids is 1. The number of hydrogen-bond acceptors (Lipinski definition) is 4. The highest BCUT2D eigenvalue weighted by Crippen LogP contribution is 2.35. The summed E-state index contributed by atoms with van der Waals surface area (Å²) in [5.41, 5.74) is 0.483. The van der Waals surface area contributed by atoms with Crippen molar-refractivity contribution in [1.29, 1.82) is 0 Å². The van der Waals surface area contributed by atoms with Gasteiger partial charge in [0.25, 0.3) is 0 Å². The summed E-state index contributed by atoms with van der Waals surface area (Å²) >= 11 is 3.27. The standard InChI is InChI=1S/C11H16BrNO3/c1-8-9(12)10(14)16-11(8,2)7-13-3-5-15-6-4-13/h3-7H2,1-2H3. The van der Waals surface area contributed by atoms with Gasteiger partial charge >= 0.3 is 5.97 Å². The van der Waals surface area contributed by atoms with E-state index in [9.17, 15) is 4.79 Å². The zero-order valence-corrected chi connectivity index (χ0v) is 11.2. The number of hydrogen-bond donors (Lipinski definition) is 0. The monoisotopic (exact) mass is 289 g/mol. The molecule has 0 radical (unpaired) electrons. The molecule has 0 amide bonds. The van der Waals surface area contributed by atoms with Crippen molar-refractivity contribution in [2.75, 3.05) is 32.8 Å². The lowest BCUT2D eigenvalue weighted by Crippen LogP contribution is -2.46. The second-order valence-corrected chi connectivity index (χ2v) is 5.24. The molecule has 2 rings (SSSR count). The van der Waals surface area contributed by atoms with Crippen molar-refractivity contribution in [2.45, 2.75) is 19.4 Å². The van der Waals surface area contributed by atoms with Crippen molar-refractivity contribution in [3.63, 3.8) is 0 Å². The number of esters is 1. The Balaban J connectivity index is 2.06. The molecular weight excluding hydrogens is 274 g/mol. The summed E-state index contributed by atoms with van der Waals surface area (Å²) < 4.78 is 11.3. The Morgan fingerprint density at radius 2 is 2.06 bits per heavy atom. The van der Waals surface area contributed by atoms with E-state index in [1.165, 1.54) is 0 Å². The van der Waals surface area contributed by atoms with Crippen LogP contribution in [0.3, 0.4) is 0 Å². The number of rotatable bonds is 2. The van der Waals surface area contributed by atoms with E-state index in [1.54, 1.807) is 0 Å². The number of cyclic esters (lactones) is 1. The molecule has 1 atom stereocenters. The fraction of sp³-hybridized carbons (Fsp3) is 0.727. The molecule has 0 aromatic rings. The van der Waals surface area contributed by atoms with Crippen molar-refractivity contribution in [3.05, 3.63) is 10.1 Å². The summed E-state index contributed by atoms with van der Waals surface area (Å²) in [6.07, 6.45) is 0. The molecule has 16 heavy (non-hydrogen) atoms. The average Bonchev–Trinajstić information content (AvgIpc) is 2.44. The molecule has 0 bridgehead atoms. The predicted molar refractivity (Wildman–Crippen MR) is 63.4 cm³/mol. The number of morpholine rings is 1. The molecule has 0 saturated carbocycles. The molecule has 2 aliphatic heterocycles. The summed E-state index contributed by atoms with van der Waals surface area (Å²) in [5, 5.41) is 0. The lowest BCUT2D eigenvalue weighted by Gasteiger charge is -2.34. The normalized spacial score (nSPS) is 32.1. The van der Waals surface area contributed by atoms with Crippen LogP contribution in [0.4, 0.5) is 0 Å². The third-order valence-corrected chi connectivity index (χ3v) is 4.17. The molecule has 1 saturated heterocycles. The second-order valence-electron chi connectivity index (χ2n) is 4.45. The first-order valence-electron chi connectivity index (χ1n) is 5.43. The molecule has 5 heteroatoms. The van der Waals surface area contributed by atoms with Crippen LogP contribution in [0.5, 0.6) is 0 Å². The van der Waals surface area contributed by atoms with Crippen LogP contribution in [0.2, 0.25) is 0 Å². The van der Waals surface area contributed by atoms with Gasteiger partial charge in [0.1, 0.15) is 10.1 Å². The number of nitrogens with zero attached hydrogens (tertiary/aromatic N) is 1. The molecule has 0 aliphatic carbocycles. The highest BCUT2D eigenvalue weighted by molar-refractivity contribution is 9.12. The van der Waals surface area contributed by atoms with E-state index in [-0.39, 0.29) is 5.97 Å². The Morgan fingerprint density at radius 1 is 1.44 bits per heavy atom. The van der Waals surface area contributed by atoms with Crippen LogP contribution in [-0.2, 0) is 14.3 Å². The Kier molecular flexibility index (Phi) is 3.37. The summed E-state index contributed by atoms with van der Waals surface area (Å²) in [4.78, 5) is 13.7. The summed E-state index contributed by atoms with van der Waals surface area (Å²) in [6.45, 7) is 7.96. The topological polar surface area (TPSA) is 38.8 Å². The van der Waals surface area contributed by atoms with Gasteiger partial charge in [-0.15, -0.1) is 0 Å². The molecule has 0 spiro atoms. The van der Waals surface area contributed by atoms with Gasteiger partial charge < -0.3 is 9.47 Å². The van der Waals surface area contributed by atoms with E-state index in [2.05, 4.69) is 20.8 Å². The number of ether oxygens (including phenoxy) is 2. The van der Waals surface area contributed by atoms with Crippen molar-refractivity contribution < 1.29 is 14.3 Å². The smallest absolute Gasteiger partial charge is 0.346 e. The van der Waals surface area contributed by atoms with Gasteiger partial charge in [0, 0.05) is 19.6 Å². The Bertz CT molecular complexity index is 336. The van der Waals surface area contributed by atoms with E-state index in [1.807, 2.05) is 13.8 Å². The minimum atomic E-state index is -0.493. The first-order valence-corrected chi connectivity index (χ1v) is 6.22. The van der Waals surface area contributed by atoms with Gasteiger partial charge in [-0.05, 0) is 35.4 Å². The third kappa shape index (κ3) is 2.17. The molecule has 2 heterocycles. The average molecular weight is 290 g/mol. The maximum Gasteiger partial charge on any atom is 0.346 e.